The summed E-state index contributed by atoms with van der Waals surface area (Å²) in [5, 5.41) is 15.3. The monoisotopic (exact) mass is 206 g/mol. The van der Waals surface area contributed by atoms with E-state index < -0.39 is 34.0 Å². The molecule has 14 heavy (non-hydrogen) atoms. The van der Waals surface area contributed by atoms with E-state index in [4.69, 9.17) is 10.2 Å². The number of carbonyl (C=O) groups excluding carboxylic acids is 2. The van der Waals surface area contributed by atoms with E-state index in [9.17, 15) is 19.2 Å². The van der Waals surface area contributed by atoms with Gasteiger partial charge in [0.05, 0.1) is 0 Å². The highest BCUT2D eigenvalue weighted by atomic mass is 16.4. The van der Waals surface area contributed by atoms with Crippen LogP contribution in [0.5, 0.6) is 0 Å². The summed E-state index contributed by atoms with van der Waals surface area (Å²) in [6.45, 7) is 0. The summed E-state index contributed by atoms with van der Waals surface area (Å²) >= 11 is 0. The standard InChI is InChI=1S/C4H6N4O6/c5-7(3(11)12)1(9)2(10)8(6)4(13)14/h5-6H2,(H,11,12)(H,13,14). The van der Waals surface area contributed by atoms with Gasteiger partial charge >= 0.3 is 24.0 Å². The van der Waals surface area contributed by atoms with Crippen LogP contribution in [0.4, 0.5) is 9.59 Å². The van der Waals surface area contributed by atoms with Crippen LogP contribution in [0.15, 0.2) is 0 Å². The van der Waals surface area contributed by atoms with E-state index in [0.717, 1.165) is 0 Å². The molecule has 10 nitrogen and oxygen atoms in total. The van der Waals surface area contributed by atoms with Crippen molar-refractivity contribution in [2.45, 2.75) is 0 Å². The van der Waals surface area contributed by atoms with E-state index >= 15 is 0 Å². The van der Waals surface area contributed by atoms with Crippen molar-refractivity contribution in [1.82, 2.24) is 10.0 Å². The van der Waals surface area contributed by atoms with E-state index in [1.165, 1.54) is 0 Å². The van der Waals surface area contributed by atoms with Crippen LogP contribution in [0.3, 0.4) is 0 Å². The minimum Gasteiger partial charge on any atom is -0.464 e. The lowest BCUT2D eigenvalue weighted by atomic mass is 10.5. The number of imide groups is 2. The van der Waals surface area contributed by atoms with Gasteiger partial charge in [-0.1, -0.05) is 0 Å². The molecule has 0 spiro atoms. The number of nitrogens with two attached hydrogens (primary N) is 2. The number of nitrogens with zero attached hydrogens (tertiary/aromatic N) is 2. The van der Waals surface area contributed by atoms with Crippen molar-refractivity contribution in [3.8, 4) is 0 Å². The first-order valence-corrected chi connectivity index (χ1v) is 2.92. The number of hydrogen-bond acceptors (Lipinski definition) is 6. The minimum absolute atomic E-state index is 0.481. The Bertz CT molecular complexity index is 270. The van der Waals surface area contributed by atoms with Crippen LogP contribution in [-0.4, -0.2) is 44.2 Å². The average molecular weight is 206 g/mol. The molecule has 4 amide bonds. The van der Waals surface area contributed by atoms with Crippen molar-refractivity contribution in [2.24, 2.45) is 11.7 Å². The molecule has 0 saturated carbocycles. The van der Waals surface area contributed by atoms with Crippen LogP contribution >= 0.6 is 0 Å². The van der Waals surface area contributed by atoms with Crippen molar-refractivity contribution in [1.29, 1.82) is 0 Å². The topological polar surface area (TPSA) is 167 Å². The second-order valence-electron chi connectivity index (χ2n) is 1.92. The van der Waals surface area contributed by atoms with Crippen molar-refractivity contribution >= 4 is 24.0 Å². The van der Waals surface area contributed by atoms with Gasteiger partial charge in [-0.2, -0.15) is 10.0 Å². The fourth-order valence-corrected chi connectivity index (χ4v) is 0.380. The Morgan fingerprint density at radius 3 is 1.14 bits per heavy atom. The van der Waals surface area contributed by atoms with Crippen LogP contribution in [0.1, 0.15) is 0 Å². The second-order valence-corrected chi connectivity index (χ2v) is 1.92. The fourth-order valence-electron chi connectivity index (χ4n) is 0.380. The predicted octanol–water partition coefficient (Wildman–Crippen LogP) is -2.25. The molecule has 78 valence electrons. The first-order valence-electron chi connectivity index (χ1n) is 2.92. The molecule has 0 aliphatic carbocycles. The molecule has 0 fully saturated rings. The normalized spacial score (nSPS) is 9.00. The van der Waals surface area contributed by atoms with Crippen LogP contribution in [-0.2, 0) is 9.59 Å². The maximum Gasteiger partial charge on any atom is 0.429 e. The molecule has 6 N–H and O–H groups in total. The Morgan fingerprint density at radius 1 is 0.786 bits per heavy atom. The van der Waals surface area contributed by atoms with Gasteiger partial charge in [0.25, 0.3) is 0 Å². The van der Waals surface area contributed by atoms with E-state index in [1.807, 2.05) is 0 Å². The first kappa shape index (κ1) is 11.8. The minimum atomic E-state index is -1.91. The Morgan fingerprint density at radius 2 is 1.00 bits per heavy atom. The molecule has 0 bridgehead atoms. The lowest BCUT2D eigenvalue weighted by molar-refractivity contribution is -0.149. The first-order chi connectivity index (χ1) is 6.29. The summed E-state index contributed by atoms with van der Waals surface area (Å²) in [6.07, 6.45) is -3.83. The van der Waals surface area contributed by atoms with E-state index in [-0.39, 0.29) is 0 Å². The van der Waals surface area contributed by atoms with Crippen LogP contribution in [0.25, 0.3) is 0 Å². The van der Waals surface area contributed by atoms with Crippen LogP contribution in [0.2, 0.25) is 0 Å². The maximum atomic E-state index is 10.7. The van der Waals surface area contributed by atoms with Crippen LogP contribution in [0, 0.1) is 0 Å². The maximum absolute atomic E-state index is 10.7. The molecule has 0 aliphatic rings. The van der Waals surface area contributed by atoms with E-state index in [0.29, 0.717) is 0 Å². The van der Waals surface area contributed by atoms with Gasteiger partial charge in [0.15, 0.2) is 0 Å². The second kappa shape index (κ2) is 4.15. The summed E-state index contributed by atoms with van der Waals surface area (Å²) in [4.78, 5) is 41.5. The summed E-state index contributed by atoms with van der Waals surface area (Å²) in [7, 11) is 0. The molecule has 0 radical (unpaired) electrons. The largest absolute Gasteiger partial charge is 0.464 e. The summed E-state index contributed by atoms with van der Waals surface area (Å²) in [5.41, 5.74) is 0. The molecule has 0 atom stereocenters. The van der Waals surface area contributed by atoms with Gasteiger partial charge in [-0.25, -0.2) is 21.3 Å². The van der Waals surface area contributed by atoms with Crippen molar-refractivity contribution in [3.63, 3.8) is 0 Å². The summed E-state index contributed by atoms with van der Waals surface area (Å²) < 4.78 is 0. The number of carboxylic acid groups (broad SMARTS) is 2. The van der Waals surface area contributed by atoms with E-state index in [1.54, 1.807) is 0 Å². The quantitative estimate of drug-likeness (QED) is 0.149. The number of amides is 4. The smallest absolute Gasteiger partial charge is 0.429 e. The Kier molecular flexibility index (Phi) is 3.50. The molecule has 0 aromatic carbocycles. The van der Waals surface area contributed by atoms with Gasteiger partial charge in [0.2, 0.25) is 0 Å². The molecule has 0 aromatic rings. The molecule has 10 heteroatoms. The van der Waals surface area contributed by atoms with Gasteiger partial charge in [0, 0.05) is 0 Å². The zero-order valence-electron chi connectivity index (χ0n) is 6.58. The third-order valence-corrected chi connectivity index (χ3v) is 1.03. The molecule has 0 rings (SSSR count). The average Bonchev–Trinajstić information content (AvgIpc) is 2.12. The molecule has 0 aromatic heterocycles. The zero-order chi connectivity index (χ0) is 11.5. The molecular formula is C4H6N4O6. The lowest BCUT2D eigenvalue weighted by Gasteiger charge is -2.13. The van der Waals surface area contributed by atoms with Crippen LogP contribution < -0.4 is 11.7 Å². The Balaban J connectivity index is 4.64. The third kappa shape index (κ3) is 2.40. The number of hydrazine groups is 2. The number of rotatable bonds is 0. The van der Waals surface area contributed by atoms with E-state index in [2.05, 4.69) is 11.7 Å². The molecule has 0 heterocycles. The highest BCUT2D eigenvalue weighted by molar-refractivity contribution is 6.38. The fraction of sp³-hybridized carbons (Fsp3) is 0. The van der Waals surface area contributed by atoms with Gasteiger partial charge in [0.1, 0.15) is 0 Å². The van der Waals surface area contributed by atoms with Crippen molar-refractivity contribution in [3.05, 3.63) is 0 Å². The highest BCUT2D eigenvalue weighted by Gasteiger charge is 2.30. The molecular weight excluding hydrogens is 200 g/mol. The number of carbonyl (C=O) groups is 4. The zero-order valence-corrected chi connectivity index (χ0v) is 6.58. The van der Waals surface area contributed by atoms with Gasteiger partial charge < -0.3 is 10.2 Å². The van der Waals surface area contributed by atoms with Crippen molar-refractivity contribution in [2.75, 3.05) is 0 Å². The Labute approximate surface area is 76.2 Å². The van der Waals surface area contributed by atoms with Gasteiger partial charge in [-0.3, -0.25) is 9.59 Å². The predicted molar refractivity (Wildman–Crippen MR) is 38.1 cm³/mol. The highest BCUT2D eigenvalue weighted by Crippen LogP contribution is 1.88. The number of hydrogen-bond donors (Lipinski definition) is 4. The molecule has 0 unspecified atom stereocenters. The summed E-state index contributed by atoms with van der Waals surface area (Å²) in [5.74, 6) is 5.62. The molecule has 0 saturated heterocycles. The summed E-state index contributed by atoms with van der Waals surface area (Å²) in [6, 6.07) is 0. The third-order valence-electron chi connectivity index (χ3n) is 1.03. The van der Waals surface area contributed by atoms with Gasteiger partial charge in [-0.15, -0.1) is 0 Å². The van der Waals surface area contributed by atoms with Gasteiger partial charge in [-0.05, 0) is 0 Å². The SMILES string of the molecule is NN(C(=O)O)C(=O)C(=O)N(N)C(=O)O. The molecule has 0 aliphatic heterocycles. The van der Waals surface area contributed by atoms with Crippen molar-refractivity contribution < 1.29 is 29.4 Å². The lowest BCUT2D eigenvalue weighted by Crippen LogP contribution is -2.54. The Hall–Kier alpha value is -2.20.